The molecule has 0 fully saturated rings. The van der Waals surface area contributed by atoms with Crippen molar-refractivity contribution in [1.29, 1.82) is 0 Å². The second-order valence-electron chi connectivity index (χ2n) is 3.29. The van der Waals surface area contributed by atoms with Gasteiger partial charge in [-0.05, 0) is 20.8 Å². The molecule has 0 saturated carbocycles. The summed E-state index contributed by atoms with van der Waals surface area (Å²) in [6.07, 6.45) is 0. The van der Waals surface area contributed by atoms with Gasteiger partial charge in [0.25, 0.3) is 0 Å². The van der Waals surface area contributed by atoms with Crippen LogP contribution in [0.25, 0.3) is 0 Å². The maximum atomic E-state index is 11.3. The molecule has 5 heteroatoms. The quantitative estimate of drug-likeness (QED) is 0.652. The lowest BCUT2D eigenvalue weighted by Gasteiger charge is -2.20. The summed E-state index contributed by atoms with van der Waals surface area (Å²) in [6, 6.07) is 0.104. The Labute approximate surface area is 90.4 Å². The van der Waals surface area contributed by atoms with Crippen LogP contribution < -0.4 is 5.32 Å². The number of hydrogen-bond acceptors (Lipinski definition) is 3. The van der Waals surface area contributed by atoms with Crippen molar-refractivity contribution < 1.29 is 9.59 Å². The van der Waals surface area contributed by atoms with E-state index in [9.17, 15) is 9.59 Å². The van der Waals surface area contributed by atoms with E-state index < -0.39 is 0 Å². The second kappa shape index (κ2) is 6.70. The zero-order valence-electron chi connectivity index (χ0n) is 8.91. The highest BCUT2D eigenvalue weighted by molar-refractivity contribution is 7.81. The lowest BCUT2D eigenvalue weighted by molar-refractivity contribution is -0.134. The first kappa shape index (κ1) is 13.3. The predicted molar refractivity (Wildman–Crippen MR) is 59.4 cm³/mol. The Kier molecular flexibility index (Phi) is 6.36. The number of carbonyl (C=O) groups is 2. The van der Waals surface area contributed by atoms with Gasteiger partial charge in [-0.2, -0.15) is 12.6 Å². The Morgan fingerprint density at radius 3 is 2.36 bits per heavy atom. The highest BCUT2D eigenvalue weighted by atomic mass is 32.1. The summed E-state index contributed by atoms with van der Waals surface area (Å²) < 4.78 is 0. The monoisotopic (exact) mass is 218 g/mol. The van der Waals surface area contributed by atoms with Gasteiger partial charge in [-0.25, -0.2) is 0 Å². The lowest BCUT2D eigenvalue weighted by Crippen LogP contribution is -2.43. The van der Waals surface area contributed by atoms with E-state index in [2.05, 4.69) is 17.9 Å². The first-order chi connectivity index (χ1) is 6.51. The summed E-state index contributed by atoms with van der Waals surface area (Å²) in [7, 11) is 0. The number of nitrogens with one attached hydrogen (secondary N) is 1. The van der Waals surface area contributed by atoms with Gasteiger partial charge in [0.2, 0.25) is 11.8 Å². The first-order valence-corrected chi connectivity index (χ1v) is 5.32. The molecule has 1 N–H and O–H groups in total. The van der Waals surface area contributed by atoms with Crippen molar-refractivity contribution >= 4 is 24.4 Å². The van der Waals surface area contributed by atoms with Crippen molar-refractivity contribution in [2.24, 2.45) is 0 Å². The molecule has 14 heavy (non-hydrogen) atoms. The molecule has 0 aliphatic carbocycles. The van der Waals surface area contributed by atoms with Crippen molar-refractivity contribution in [3.8, 4) is 0 Å². The smallest absolute Gasteiger partial charge is 0.239 e. The Bertz CT molecular complexity index is 207. The van der Waals surface area contributed by atoms with Gasteiger partial charge in [-0.3, -0.25) is 9.59 Å². The number of amides is 2. The molecule has 4 nitrogen and oxygen atoms in total. The van der Waals surface area contributed by atoms with Crippen LogP contribution in [0.3, 0.4) is 0 Å². The minimum Gasteiger partial charge on any atom is -0.352 e. The van der Waals surface area contributed by atoms with Crippen LogP contribution >= 0.6 is 12.6 Å². The SMILES string of the molecule is CCN(CC(=O)NC(C)C)C(=O)CS. The number of nitrogens with zero attached hydrogens (tertiary/aromatic N) is 1. The van der Waals surface area contributed by atoms with Gasteiger partial charge in [0, 0.05) is 12.6 Å². The summed E-state index contributed by atoms with van der Waals surface area (Å²) in [5, 5.41) is 2.73. The fraction of sp³-hybridized carbons (Fsp3) is 0.778. The molecule has 0 aliphatic rings. The fourth-order valence-electron chi connectivity index (χ4n) is 1.02. The number of carbonyl (C=O) groups excluding carboxylic acids is 2. The highest BCUT2D eigenvalue weighted by Crippen LogP contribution is 1.92. The zero-order valence-corrected chi connectivity index (χ0v) is 9.80. The lowest BCUT2D eigenvalue weighted by atomic mass is 10.3. The maximum absolute atomic E-state index is 11.3. The predicted octanol–water partition coefficient (Wildman–Crippen LogP) is 0.289. The Hall–Kier alpha value is -0.710. The van der Waals surface area contributed by atoms with E-state index in [0.717, 1.165) is 0 Å². The molecule has 0 aromatic rings. The van der Waals surface area contributed by atoms with Crippen molar-refractivity contribution in [1.82, 2.24) is 10.2 Å². The van der Waals surface area contributed by atoms with Crippen molar-refractivity contribution in [2.75, 3.05) is 18.8 Å². The van der Waals surface area contributed by atoms with E-state index in [0.29, 0.717) is 6.54 Å². The summed E-state index contributed by atoms with van der Waals surface area (Å²) in [5.74, 6) is -0.102. The van der Waals surface area contributed by atoms with Crippen LogP contribution in [0.5, 0.6) is 0 Å². The van der Waals surface area contributed by atoms with Crippen LogP contribution in [0.15, 0.2) is 0 Å². The molecule has 0 aromatic carbocycles. The van der Waals surface area contributed by atoms with Gasteiger partial charge in [-0.15, -0.1) is 0 Å². The Balaban J connectivity index is 4.05. The number of thiol groups is 1. The van der Waals surface area contributed by atoms with E-state index in [1.807, 2.05) is 20.8 Å². The van der Waals surface area contributed by atoms with Crippen LogP contribution in [0.2, 0.25) is 0 Å². The molecule has 0 radical (unpaired) electrons. The van der Waals surface area contributed by atoms with Crippen molar-refractivity contribution in [3.05, 3.63) is 0 Å². The number of hydrogen-bond donors (Lipinski definition) is 2. The summed E-state index contributed by atoms with van der Waals surface area (Å²) >= 11 is 3.88. The van der Waals surface area contributed by atoms with Crippen LogP contribution in [0.4, 0.5) is 0 Å². The van der Waals surface area contributed by atoms with Crippen LogP contribution in [0, 0.1) is 0 Å². The van der Waals surface area contributed by atoms with E-state index in [4.69, 9.17) is 0 Å². The maximum Gasteiger partial charge on any atom is 0.239 e. The molecule has 0 aliphatic heterocycles. The largest absolute Gasteiger partial charge is 0.352 e. The molecule has 0 atom stereocenters. The van der Waals surface area contributed by atoms with E-state index in [1.54, 1.807) is 0 Å². The molecule has 0 unspecified atom stereocenters. The highest BCUT2D eigenvalue weighted by Gasteiger charge is 2.13. The van der Waals surface area contributed by atoms with E-state index >= 15 is 0 Å². The Morgan fingerprint density at radius 2 is 2.00 bits per heavy atom. The average molecular weight is 218 g/mol. The van der Waals surface area contributed by atoms with E-state index in [-0.39, 0.29) is 30.2 Å². The summed E-state index contributed by atoms with van der Waals surface area (Å²) in [5.41, 5.74) is 0. The van der Waals surface area contributed by atoms with Crippen LogP contribution in [0.1, 0.15) is 20.8 Å². The third kappa shape index (κ3) is 5.11. The van der Waals surface area contributed by atoms with Crippen LogP contribution in [-0.4, -0.2) is 41.6 Å². The summed E-state index contributed by atoms with van der Waals surface area (Å²) in [4.78, 5) is 24.0. The second-order valence-corrected chi connectivity index (χ2v) is 3.60. The molecule has 0 heterocycles. The molecule has 0 saturated heterocycles. The normalized spacial score (nSPS) is 10.1. The zero-order chi connectivity index (χ0) is 11.1. The molecule has 0 rings (SSSR count). The summed E-state index contributed by atoms with van der Waals surface area (Å²) in [6.45, 7) is 6.26. The topological polar surface area (TPSA) is 49.4 Å². The molecule has 0 bridgehead atoms. The minimum atomic E-state index is -0.128. The molecule has 0 aromatic heterocycles. The van der Waals surface area contributed by atoms with Crippen LogP contribution in [-0.2, 0) is 9.59 Å². The van der Waals surface area contributed by atoms with Gasteiger partial charge in [0.15, 0.2) is 0 Å². The first-order valence-electron chi connectivity index (χ1n) is 4.69. The standard InChI is InChI=1S/C9H18N2O2S/c1-4-11(9(13)6-14)5-8(12)10-7(2)3/h7,14H,4-6H2,1-3H3,(H,10,12). The van der Waals surface area contributed by atoms with Crippen molar-refractivity contribution in [3.63, 3.8) is 0 Å². The van der Waals surface area contributed by atoms with Gasteiger partial charge >= 0.3 is 0 Å². The van der Waals surface area contributed by atoms with Crippen molar-refractivity contribution in [2.45, 2.75) is 26.8 Å². The average Bonchev–Trinajstić information content (AvgIpc) is 2.11. The van der Waals surface area contributed by atoms with E-state index in [1.165, 1.54) is 4.90 Å². The number of rotatable bonds is 5. The molecular weight excluding hydrogens is 200 g/mol. The third-order valence-electron chi connectivity index (χ3n) is 1.65. The van der Waals surface area contributed by atoms with Gasteiger partial charge in [0.1, 0.15) is 0 Å². The van der Waals surface area contributed by atoms with Gasteiger partial charge in [-0.1, -0.05) is 0 Å². The Morgan fingerprint density at radius 1 is 1.43 bits per heavy atom. The molecule has 2 amide bonds. The molecular formula is C9H18N2O2S. The van der Waals surface area contributed by atoms with Gasteiger partial charge < -0.3 is 10.2 Å². The molecule has 82 valence electrons. The number of likely N-dealkylation sites (N-methyl/N-ethyl adjacent to an activating group) is 1. The fourth-order valence-corrected chi connectivity index (χ4v) is 1.22. The minimum absolute atomic E-state index is 0.104. The van der Waals surface area contributed by atoms with Gasteiger partial charge in [0.05, 0.1) is 12.3 Å². The molecule has 0 spiro atoms. The third-order valence-corrected chi connectivity index (χ3v) is 1.92.